The van der Waals surface area contributed by atoms with Gasteiger partial charge in [0.1, 0.15) is 22.3 Å². The summed E-state index contributed by atoms with van der Waals surface area (Å²) in [5.74, 6) is 0. The molecule has 0 bridgehead atoms. The summed E-state index contributed by atoms with van der Waals surface area (Å²) in [6.45, 7) is 8.31. The molecule has 0 radical (unpaired) electrons. The minimum atomic E-state index is -0.482. The molecule has 0 aliphatic carbocycles. The lowest BCUT2D eigenvalue weighted by molar-refractivity contribution is 0.00578. The maximum absolute atomic E-state index is 6.85. The number of rotatable bonds is 3. The van der Waals surface area contributed by atoms with Gasteiger partial charge in [-0.1, -0.05) is 84.9 Å². The lowest BCUT2D eigenvalue weighted by atomic mass is 9.79. The van der Waals surface area contributed by atoms with Gasteiger partial charge in [-0.25, -0.2) is 0 Å². The molecule has 6 aromatic carbocycles. The number of hydrogen-bond acceptors (Lipinski definition) is 4. The van der Waals surface area contributed by atoms with Crippen molar-refractivity contribution in [3.63, 3.8) is 0 Å². The van der Waals surface area contributed by atoms with Crippen molar-refractivity contribution in [1.29, 1.82) is 0 Å². The van der Waals surface area contributed by atoms with Gasteiger partial charge in [0.15, 0.2) is 0 Å². The molecule has 1 saturated heterocycles. The van der Waals surface area contributed by atoms with Crippen molar-refractivity contribution in [3.8, 4) is 16.8 Å². The Hall–Kier alpha value is -5.30. The summed E-state index contributed by atoms with van der Waals surface area (Å²) in [6, 6.07) is 42.7. The Morgan fingerprint density at radius 1 is 0.479 bits per heavy atom. The second-order valence-corrected chi connectivity index (χ2v) is 14.0. The van der Waals surface area contributed by atoms with E-state index >= 15 is 0 Å². The van der Waals surface area contributed by atoms with Crippen molar-refractivity contribution < 1.29 is 18.1 Å². The lowest BCUT2D eigenvalue weighted by Gasteiger charge is -2.32. The van der Waals surface area contributed by atoms with E-state index in [-0.39, 0.29) is 0 Å². The molecule has 0 saturated carbocycles. The van der Waals surface area contributed by atoms with E-state index in [1.807, 2.05) is 12.1 Å². The van der Waals surface area contributed by atoms with Gasteiger partial charge in [-0.05, 0) is 69.6 Å². The standard InChI is InChI=1S/C42H32BNO4/c1-41(2)42(3,4)48-43(47-41)25-20-21-30-33-23-26(44-35-17-8-5-12-27(35)28-13-6-9-18-36(28)44)24-34(40(33)46-38(30)22-25)32-16-11-15-31-29-14-7-10-19-37(29)45-39(31)32/h5-24H,1-4H3. The molecule has 3 aromatic heterocycles. The normalized spacial score (nSPS) is 16.0. The van der Waals surface area contributed by atoms with Crippen LogP contribution in [0.1, 0.15) is 27.7 Å². The number of furan rings is 2. The summed E-state index contributed by atoms with van der Waals surface area (Å²) < 4.78 is 28.6. The van der Waals surface area contributed by atoms with Gasteiger partial charge < -0.3 is 22.7 Å². The average molecular weight is 626 g/mol. The molecule has 1 aliphatic heterocycles. The van der Waals surface area contributed by atoms with E-state index in [4.69, 9.17) is 18.1 Å². The van der Waals surface area contributed by atoms with Crippen molar-refractivity contribution >= 4 is 78.3 Å². The minimum Gasteiger partial charge on any atom is -0.455 e. The predicted molar refractivity (Wildman–Crippen MR) is 196 cm³/mol. The fraction of sp³-hybridized carbons (Fsp3) is 0.143. The SMILES string of the molecule is CC1(C)OB(c2ccc3c(c2)oc2c(-c4cccc5c4oc4ccccc45)cc(-n4c5ccccc5c5ccccc54)cc23)OC1(C)C. The smallest absolute Gasteiger partial charge is 0.455 e. The highest BCUT2D eigenvalue weighted by Gasteiger charge is 2.51. The summed E-state index contributed by atoms with van der Waals surface area (Å²) in [5, 5.41) is 6.69. The Balaban J connectivity index is 1.28. The van der Waals surface area contributed by atoms with Gasteiger partial charge in [-0.3, -0.25) is 0 Å². The molecule has 5 nitrogen and oxygen atoms in total. The molecule has 0 amide bonds. The van der Waals surface area contributed by atoms with Gasteiger partial charge in [0.25, 0.3) is 0 Å². The second-order valence-electron chi connectivity index (χ2n) is 14.0. The molecule has 9 aromatic rings. The predicted octanol–water partition coefficient (Wildman–Crippen LogP) is 10.5. The van der Waals surface area contributed by atoms with Crippen LogP contribution in [0.15, 0.2) is 130 Å². The molecule has 0 N–H and O–H groups in total. The van der Waals surface area contributed by atoms with Crippen LogP contribution in [-0.2, 0) is 9.31 Å². The van der Waals surface area contributed by atoms with E-state index in [0.717, 1.165) is 77.2 Å². The lowest BCUT2D eigenvalue weighted by Crippen LogP contribution is -2.41. The van der Waals surface area contributed by atoms with Crippen LogP contribution in [0, 0.1) is 0 Å². The number of aromatic nitrogens is 1. The summed E-state index contributed by atoms with van der Waals surface area (Å²) >= 11 is 0. The fourth-order valence-electron chi connectivity index (χ4n) is 7.49. The van der Waals surface area contributed by atoms with Gasteiger partial charge in [-0.15, -0.1) is 0 Å². The molecule has 1 fully saturated rings. The Bertz CT molecular complexity index is 2690. The third kappa shape index (κ3) is 3.81. The highest BCUT2D eigenvalue weighted by atomic mass is 16.7. The highest BCUT2D eigenvalue weighted by Crippen LogP contribution is 2.44. The van der Waals surface area contributed by atoms with Gasteiger partial charge in [0.05, 0.1) is 22.2 Å². The van der Waals surface area contributed by atoms with Crippen molar-refractivity contribution in [2.75, 3.05) is 0 Å². The van der Waals surface area contributed by atoms with Crippen LogP contribution in [-0.4, -0.2) is 22.9 Å². The van der Waals surface area contributed by atoms with E-state index in [9.17, 15) is 0 Å². The van der Waals surface area contributed by atoms with Crippen molar-refractivity contribution in [2.45, 2.75) is 38.9 Å². The Labute approximate surface area is 277 Å². The van der Waals surface area contributed by atoms with Crippen LogP contribution >= 0.6 is 0 Å². The maximum atomic E-state index is 6.85. The quantitative estimate of drug-likeness (QED) is 0.183. The third-order valence-corrected chi connectivity index (χ3v) is 10.6. The van der Waals surface area contributed by atoms with Crippen LogP contribution in [0.4, 0.5) is 0 Å². The van der Waals surface area contributed by atoms with Gasteiger partial charge in [-0.2, -0.15) is 0 Å². The van der Waals surface area contributed by atoms with Gasteiger partial charge >= 0.3 is 7.12 Å². The first-order valence-corrected chi connectivity index (χ1v) is 16.5. The Morgan fingerprint density at radius 3 is 1.79 bits per heavy atom. The molecule has 232 valence electrons. The molecule has 0 spiro atoms. The average Bonchev–Trinajstić information content (AvgIpc) is 3.81. The first-order chi connectivity index (χ1) is 23.3. The third-order valence-electron chi connectivity index (χ3n) is 10.6. The topological polar surface area (TPSA) is 49.7 Å². The van der Waals surface area contributed by atoms with E-state index < -0.39 is 18.3 Å². The zero-order valence-corrected chi connectivity index (χ0v) is 27.2. The van der Waals surface area contributed by atoms with Gasteiger partial charge in [0.2, 0.25) is 0 Å². The number of fused-ring (bicyclic) bond motifs is 9. The van der Waals surface area contributed by atoms with E-state index in [2.05, 4.69) is 141 Å². The summed E-state index contributed by atoms with van der Waals surface area (Å²) in [7, 11) is -0.482. The summed E-state index contributed by atoms with van der Waals surface area (Å²) in [5.41, 5.74) is 8.70. The summed E-state index contributed by atoms with van der Waals surface area (Å²) in [4.78, 5) is 0. The van der Waals surface area contributed by atoms with Crippen LogP contribution in [0.5, 0.6) is 0 Å². The van der Waals surface area contributed by atoms with E-state index in [1.165, 1.54) is 10.8 Å². The fourth-order valence-corrected chi connectivity index (χ4v) is 7.49. The zero-order valence-electron chi connectivity index (χ0n) is 27.2. The van der Waals surface area contributed by atoms with E-state index in [0.29, 0.717) is 0 Å². The first-order valence-electron chi connectivity index (χ1n) is 16.5. The molecule has 0 atom stereocenters. The van der Waals surface area contributed by atoms with Crippen LogP contribution in [0.3, 0.4) is 0 Å². The van der Waals surface area contributed by atoms with Crippen LogP contribution < -0.4 is 5.46 Å². The molecule has 1 aliphatic rings. The Morgan fingerprint density at radius 2 is 1.06 bits per heavy atom. The van der Waals surface area contributed by atoms with E-state index in [1.54, 1.807) is 0 Å². The molecular weight excluding hydrogens is 593 g/mol. The molecule has 48 heavy (non-hydrogen) atoms. The van der Waals surface area contributed by atoms with Crippen molar-refractivity contribution in [2.24, 2.45) is 0 Å². The minimum absolute atomic E-state index is 0.434. The summed E-state index contributed by atoms with van der Waals surface area (Å²) in [6.07, 6.45) is 0. The number of hydrogen-bond donors (Lipinski definition) is 0. The molecule has 0 unspecified atom stereocenters. The maximum Gasteiger partial charge on any atom is 0.494 e. The van der Waals surface area contributed by atoms with Crippen LogP contribution in [0.2, 0.25) is 0 Å². The molecule has 4 heterocycles. The number of nitrogens with zero attached hydrogens (tertiary/aromatic N) is 1. The van der Waals surface area contributed by atoms with Crippen molar-refractivity contribution in [1.82, 2.24) is 4.57 Å². The number of para-hydroxylation sites is 4. The van der Waals surface area contributed by atoms with Crippen molar-refractivity contribution in [3.05, 3.63) is 121 Å². The second kappa shape index (κ2) is 9.63. The molecule has 10 rings (SSSR count). The first kappa shape index (κ1) is 27.8. The zero-order chi connectivity index (χ0) is 32.4. The van der Waals surface area contributed by atoms with Crippen LogP contribution in [0.25, 0.3) is 82.5 Å². The molecular formula is C42H32BNO4. The monoisotopic (exact) mass is 625 g/mol. The molecule has 6 heteroatoms. The largest absolute Gasteiger partial charge is 0.494 e. The highest BCUT2D eigenvalue weighted by molar-refractivity contribution is 6.62. The number of benzene rings is 6. The van der Waals surface area contributed by atoms with Gasteiger partial charge in [0, 0.05) is 49.1 Å². The Kier molecular flexibility index (Phi) is 5.57.